The third-order valence-electron chi connectivity index (χ3n) is 1.36. The van der Waals surface area contributed by atoms with E-state index in [0.717, 1.165) is 11.8 Å². The summed E-state index contributed by atoms with van der Waals surface area (Å²) in [6, 6.07) is 1.62. The highest BCUT2D eigenvalue weighted by Crippen LogP contribution is 2.27. The molecule has 2 rings (SSSR count). The Morgan fingerprint density at radius 2 is 2.10 bits per heavy atom. The van der Waals surface area contributed by atoms with Gasteiger partial charge in [-0.3, -0.25) is 9.59 Å². The Morgan fingerprint density at radius 1 is 1.30 bits per heavy atom. The normalized spacial score (nSPS) is 16.0. The van der Waals surface area contributed by atoms with E-state index in [2.05, 4.69) is 4.98 Å². The van der Waals surface area contributed by atoms with Crippen molar-refractivity contribution in [3.8, 4) is 0 Å². The highest BCUT2D eigenvalue weighted by molar-refractivity contribution is 8.27. The van der Waals surface area contributed by atoms with Gasteiger partial charge in [0.25, 0.3) is 0 Å². The summed E-state index contributed by atoms with van der Waals surface area (Å²) in [5.74, 6) is 0. The monoisotopic (exact) mass is 153 g/mol. The molecule has 1 N–H and O–H groups in total. The van der Waals surface area contributed by atoms with Crippen LogP contribution in [0.15, 0.2) is 12.3 Å². The van der Waals surface area contributed by atoms with Gasteiger partial charge in [-0.2, -0.15) is 0 Å². The Bertz CT molecular complexity index is 287. The first kappa shape index (κ1) is 5.73. The van der Waals surface area contributed by atoms with Crippen molar-refractivity contribution in [2.24, 2.45) is 0 Å². The van der Waals surface area contributed by atoms with Crippen molar-refractivity contribution in [2.45, 2.75) is 0 Å². The summed E-state index contributed by atoms with van der Waals surface area (Å²) in [5.41, 5.74) is 0.949. The van der Waals surface area contributed by atoms with Crippen LogP contribution in [-0.4, -0.2) is 15.2 Å². The maximum absolute atomic E-state index is 10.9. The van der Waals surface area contributed by atoms with Gasteiger partial charge in [-0.15, -0.1) is 0 Å². The lowest BCUT2D eigenvalue weighted by molar-refractivity contribution is 0.108. The molecule has 0 bridgehead atoms. The number of carbonyl (C=O) groups is 2. The van der Waals surface area contributed by atoms with Gasteiger partial charge in [-0.1, -0.05) is 0 Å². The topological polar surface area (TPSA) is 49.9 Å². The zero-order chi connectivity index (χ0) is 7.14. The Kier molecular flexibility index (Phi) is 0.990. The van der Waals surface area contributed by atoms with Gasteiger partial charge in [0.1, 0.15) is 5.69 Å². The molecule has 0 saturated carbocycles. The van der Waals surface area contributed by atoms with Gasteiger partial charge < -0.3 is 4.98 Å². The molecule has 0 atom stereocenters. The third-order valence-corrected chi connectivity index (χ3v) is 2.15. The first-order chi connectivity index (χ1) is 4.79. The van der Waals surface area contributed by atoms with Crippen LogP contribution in [0, 0.1) is 0 Å². The molecule has 0 fully saturated rings. The molecule has 0 saturated heterocycles. The van der Waals surface area contributed by atoms with Crippen molar-refractivity contribution in [1.29, 1.82) is 0 Å². The Morgan fingerprint density at radius 3 is 2.80 bits per heavy atom. The van der Waals surface area contributed by atoms with Crippen molar-refractivity contribution in [2.75, 3.05) is 0 Å². The number of rotatable bonds is 0. The van der Waals surface area contributed by atoms with E-state index in [1.165, 1.54) is 0 Å². The minimum atomic E-state index is -0.176. The Labute approximate surface area is 60.8 Å². The van der Waals surface area contributed by atoms with Crippen LogP contribution in [0.25, 0.3) is 0 Å². The summed E-state index contributed by atoms with van der Waals surface area (Å²) in [6.45, 7) is 0. The summed E-state index contributed by atoms with van der Waals surface area (Å²) in [7, 11) is 0. The van der Waals surface area contributed by atoms with E-state index >= 15 is 0 Å². The zero-order valence-corrected chi connectivity index (χ0v) is 5.70. The molecule has 4 heteroatoms. The lowest BCUT2D eigenvalue weighted by Gasteiger charge is -1.78. The smallest absolute Gasteiger partial charge is 0.244 e. The van der Waals surface area contributed by atoms with Crippen LogP contribution in [0.1, 0.15) is 20.8 Å². The summed E-state index contributed by atoms with van der Waals surface area (Å²) in [4.78, 5) is 24.4. The number of hydrogen-bond donors (Lipinski definition) is 1. The fourth-order valence-electron chi connectivity index (χ4n) is 0.899. The summed E-state index contributed by atoms with van der Waals surface area (Å²) < 4.78 is 0. The average Bonchev–Trinajstić information content (AvgIpc) is 2.39. The molecule has 0 aromatic carbocycles. The minimum absolute atomic E-state index is 0.152. The molecule has 50 valence electrons. The maximum atomic E-state index is 10.9. The number of nitrogens with one attached hydrogen (secondary N) is 1. The first-order valence-electron chi connectivity index (χ1n) is 2.73. The highest BCUT2D eigenvalue weighted by atomic mass is 32.2. The van der Waals surface area contributed by atoms with E-state index in [1.807, 2.05) is 0 Å². The zero-order valence-electron chi connectivity index (χ0n) is 4.88. The van der Waals surface area contributed by atoms with E-state index in [9.17, 15) is 9.59 Å². The molecule has 1 aromatic rings. The standard InChI is InChI=1S/C6H3NO2S/c8-5-3-1-2-7-4(3)6(9)10-5/h1-2,7H. The molecule has 1 aromatic heterocycles. The predicted molar refractivity (Wildman–Crippen MR) is 37.0 cm³/mol. The molecule has 1 aliphatic heterocycles. The van der Waals surface area contributed by atoms with Crippen molar-refractivity contribution in [3.05, 3.63) is 23.5 Å². The summed E-state index contributed by atoms with van der Waals surface area (Å²) in [6.07, 6.45) is 1.60. The van der Waals surface area contributed by atoms with Crippen molar-refractivity contribution in [3.63, 3.8) is 0 Å². The molecule has 1 aliphatic rings. The predicted octanol–water partition coefficient (Wildman–Crippen LogP) is 1.04. The number of thioether (sulfide) groups is 1. The van der Waals surface area contributed by atoms with Gasteiger partial charge in [0.05, 0.1) is 5.56 Å². The van der Waals surface area contributed by atoms with Crippen molar-refractivity contribution in [1.82, 2.24) is 4.98 Å². The summed E-state index contributed by atoms with van der Waals surface area (Å²) >= 11 is 0.747. The maximum Gasteiger partial charge on any atom is 0.244 e. The first-order valence-corrected chi connectivity index (χ1v) is 3.54. The van der Waals surface area contributed by atoms with E-state index in [0.29, 0.717) is 11.3 Å². The van der Waals surface area contributed by atoms with Gasteiger partial charge in [0.15, 0.2) is 0 Å². The number of aromatic nitrogens is 1. The third kappa shape index (κ3) is 0.565. The molecule has 0 radical (unpaired) electrons. The molecular weight excluding hydrogens is 150 g/mol. The minimum Gasteiger partial charge on any atom is -0.357 e. The second-order valence-corrected chi connectivity index (χ2v) is 2.89. The number of hydrogen-bond acceptors (Lipinski definition) is 3. The van der Waals surface area contributed by atoms with Crippen LogP contribution in [0.5, 0.6) is 0 Å². The van der Waals surface area contributed by atoms with E-state index < -0.39 is 0 Å². The lowest BCUT2D eigenvalue weighted by Crippen LogP contribution is -1.85. The molecule has 2 heterocycles. The van der Waals surface area contributed by atoms with Gasteiger partial charge >= 0.3 is 0 Å². The number of H-pyrrole nitrogens is 1. The number of carbonyl (C=O) groups excluding carboxylic acids is 2. The fourth-order valence-corrected chi connectivity index (χ4v) is 1.62. The number of fused-ring (bicyclic) bond motifs is 1. The average molecular weight is 153 g/mol. The summed E-state index contributed by atoms with van der Waals surface area (Å²) in [5, 5.41) is -0.328. The van der Waals surface area contributed by atoms with E-state index in [-0.39, 0.29) is 10.2 Å². The van der Waals surface area contributed by atoms with Gasteiger partial charge in [0, 0.05) is 6.20 Å². The quantitative estimate of drug-likeness (QED) is 0.605. The molecule has 0 unspecified atom stereocenters. The second-order valence-electron chi connectivity index (χ2n) is 1.94. The van der Waals surface area contributed by atoms with E-state index in [4.69, 9.17) is 0 Å². The van der Waals surface area contributed by atoms with Crippen LogP contribution in [-0.2, 0) is 0 Å². The fraction of sp³-hybridized carbons (Fsp3) is 0. The van der Waals surface area contributed by atoms with Crippen molar-refractivity contribution >= 4 is 22.0 Å². The van der Waals surface area contributed by atoms with Crippen LogP contribution >= 0.6 is 11.8 Å². The van der Waals surface area contributed by atoms with Crippen LogP contribution < -0.4 is 0 Å². The number of aromatic amines is 1. The molecule has 0 spiro atoms. The molecule has 0 amide bonds. The van der Waals surface area contributed by atoms with Gasteiger partial charge in [0.2, 0.25) is 10.2 Å². The van der Waals surface area contributed by atoms with Gasteiger partial charge in [-0.25, -0.2) is 0 Å². The Hall–Kier alpha value is -1.03. The van der Waals surface area contributed by atoms with Crippen LogP contribution in [0.4, 0.5) is 0 Å². The molecular formula is C6H3NO2S. The lowest BCUT2D eigenvalue weighted by atomic mass is 10.3. The molecule has 0 aliphatic carbocycles. The Balaban J connectivity index is 2.69. The van der Waals surface area contributed by atoms with E-state index in [1.54, 1.807) is 12.3 Å². The van der Waals surface area contributed by atoms with Crippen molar-refractivity contribution < 1.29 is 9.59 Å². The van der Waals surface area contributed by atoms with Gasteiger partial charge in [-0.05, 0) is 17.8 Å². The largest absolute Gasteiger partial charge is 0.357 e. The molecule has 10 heavy (non-hydrogen) atoms. The van der Waals surface area contributed by atoms with Crippen LogP contribution in [0.3, 0.4) is 0 Å². The van der Waals surface area contributed by atoms with Crippen LogP contribution in [0.2, 0.25) is 0 Å². The highest BCUT2D eigenvalue weighted by Gasteiger charge is 2.29. The molecule has 3 nitrogen and oxygen atoms in total. The SMILES string of the molecule is O=C1SC(=O)c2[nH]ccc21. The second kappa shape index (κ2) is 1.73.